The van der Waals surface area contributed by atoms with Gasteiger partial charge in [0.05, 0.1) is 5.57 Å². The first kappa shape index (κ1) is 6.55. The van der Waals surface area contributed by atoms with E-state index in [4.69, 9.17) is 2.74 Å². The number of rotatable bonds is 0. The van der Waals surface area contributed by atoms with Crippen molar-refractivity contribution >= 4 is 0 Å². The molecular weight excluding hydrogens is 168 g/mol. The summed E-state index contributed by atoms with van der Waals surface area (Å²) >= 11 is 0. The normalized spacial score (nSPS) is 45.7. The summed E-state index contributed by atoms with van der Waals surface area (Å²) in [5.74, 6) is 0.745. The van der Waals surface area contributed by atoms with Gasteiger partial charge in [-0.25, -0.2) is 0 Å². The van der Waals surface area contributed by atoms with Crippen molar-refractivity contribution in [2.75, 3.05) is 0 Å². The summed E-state index contributed by atoms with van der Waals surface area (Å²) in [6, 6.07) is 0. The number of allylic oxidation sites excluding steroid dienone is 6. The van der Waals surface area contributed by atoms with Crippen LogP contribution in [0.4, 0.5) is 0 Å². The van der Waals surface area contributed by atoms with E-state index in [-0.39, 0.29) is 5.92 Å². The Morgan fingerprint density at radius 2 is 2.07 bits per heavy atom. The second-order valence-corrected chi connectivity index (χ2v) is 4.47. The Balaban J connectivity index is 2.05. The van der Waals surface area contributed by atoms with Gasteiger partial charge < -0.3 is 0 Å². The Bertz CT molecular complexity index is 380. The van der Waals surface area contributed by atoms with Crippen molar-refractivity contribution in [3.63, 3.8) is 0 Å². The molecule has 0 aromatic carbocycles. The van der Waals surface area contributed by atoms with Gasteiger partial charge in [-0.2, -0.15) is 0 Å². The molecule has 14 heavy (non-hydrogen) atoms. The molecule has 0 heteroatoms. The highest BCUT2D eigenvalue weighted by Crippen LogP contribution is 2.46. The summed E-state index contributed by atoms with van der Waals surface area (Å²) in [4.78, 5) is 0. The third kappa shape index (κ3) is 1.33. The second-order valence-electron chi connectivity index (χ2n) is 4.47. The van der Waals surface area contributed by atoms with Gasteiger partial charge in [0.2, 0.25) is 0 Å². The lowest BCUT2D eigenvalue weighted by atomic mass is 9.66. The Morgan fingerprint density at radius 3 is 2.71 bits per heavy atom. The maximum absolute atomic E-state index is 8.34. The zero-order chi connectivity index (χ0) is 11.2. The Morgan fingerprint density at radius 1 is 1.21 bits per heavy atom. The lowest BCUT2D eigenvalue weighted by molar-refractivity contribution is 0.238. The van der Waals surface area contributed by atoms with E-state index in [1.807, 2.05) is 18.2 Å². The minimum absolute atomic E-state index is 0.257. The van der Waals surface area contributed by atoms with Crippen LogP contribution in [0, 0.1) is 18.3 Å². The highest BCUT2D eigenvalue weighted by Gasteiger charge is 2.35. The number of hydrogen-bond acceptors (Lipinski definition) is 0. The van der Waals surface area contributed by atoms with Crippen molar-refractivity contribution in [2.45, 2.75) is 32.1 Å². The van der Waals surface area contributed by atoms with Crippen molar-refractivity contribution in [1.82, 2.24) is 0 Å². The molecule has 0 atom stereocenters. The summed E-state index contributed by atoms with van der Waals surface area (Å²) in [7, 11) is 0. The van der Waals surface area contributed by atoms with Crippen LogP contribution >= 0.6 is 0 Å². The van der Waals surface area contributed by atoms with Crippen molar-refractivity contribution in [3.8, 4) is 0 Å². The smallest absolute Gasteiger partial charge is 0.0479 e. The monoisotopic (exact) mass is 187 g/mol. The molecule has 0 N–H and O–H groups in total. The van der Waals surface area contributed by atoms with Gasteiger partial charge in [-0.3, -0.25) is 0 Å². The van der Waals surface area contributed by atoms with E-state index in [1.165, 1.54) is 12.8 Å². The van der Waals surface area contributed by atoms with Crippen LogP contribution in [0.5, 0.6) is 0 Å². The fourth-order valence-corrected chi connectivity index (χ4v) is 2.80. The van der Waals surface area contributed by atoms with Gasteiger partial charge >= 0.3 is 0 Å². The average Bonchev–Trinajstić information content (AvgIpc) is 2.30. The molecule has 0 unspecified atom stereocenters. The molecule has 0 aliphatic heterocycles. The highest BCUT2D eigenvalue weighted by atomic mass is 14.4. The molecule has 0 aromatic heterocycles. The van der Waals surface area contributed by atoms with Gasteiger partial charge in [0, 0.05) is 51.3 Å². The summed E-state index contributed by atoms with van der Waals surface area (Å²) in [5, 5.41) is 0. The molecule has 0 nitrogen and oxygen atoms in total. The predicted octanol–water partition coefficient (Wildman–Crippen LogP) is 3.82. The topological polar surface area (TPSA) is 0 Å². The van der Waals surface area contributed by atoms with E-state index in [1.54, 1.807) is 0 Å². The first-order valence-electron chi connectivity index (χ1n) is 6.62. The molecule has 4 aliphatic carbocycles. The fraction of sp³-hybridized carbons (Fsp3) is 0.500. The zero-order valence-electron chi connectivity index (χ0n) is 10.4. The van der Waals surface area contributed by atoms with E-state index in [0.29, 0.717) is 5.92 Å². The van der Waals surface area contributed by atoms with Crippen molar-refractivity contribution in [3.05, 3.63) is 41.9 Å². The first-order valence-corrected chi connectivity index (χ1v) is 5.62. The van der Waals surface area contributed by atoms with Gasteiger partial charge in [0.25, 0.3) is 0 Å². The van der Waals surface area contributed by atoms with Crippen LogP contribution in [0.15, 0.2) is 35.5 Å². The van der Waals surface area contributed by atoms with Crippen LogP contribution in [-0.2, 0) is 0 Å². The van der Waals surface area contributed by atoms with Crippen LogP contribution in [0.1, 0.15) is 34.8 Å². The van der Waals surface area contributed by atoms with E-state index in [9.17, 15) is 0 Å². The van der Waals surface area contributed by atoms with Gasteiger partial charge in [0.1, 0.15) is 0 Å². The van der Waals surface area contributed by atoms with E-state index < -0.39 is 6.37 Å². The number of hydrogen-bond donors (Lipinski definition) is 0. The van der Waals surface area contributed by atoms with Crippen molar-refractivity contribution < 1.29 is 2.74 Å². The molecule has 72 valence electrons. The third-order valence-electron chi connectivity index (χ3n) is 3.58. The largest absolute Gasteiger partial charge is 0.0950 e. The molecule has 0 spiro atoms. The molecule has 0 amide bonds. The second kappa shape index (κ2) is 3.34. The minimum atomic E-state index is -1.07. The molecular formula is C14H17+. The summed E-state index contributed by atoms with van der Waals surface area (Å²) < 4.78 is 16.7. The van der Waals surface area contributed by atoms with Crippen LogP contribution in [-0.4, -0.2) is 0 Å². The van der Waals surface area contributed by atoms with Gasteiger partial charge in [0.15, 0.2) is 0 Å². The average molecular weight is 187 g/mol. The van der Waals surface area contributed by atoms with Crippen LogP contribution in [0.3, 0.4) is 0 Å². The van der Waals surface area contributed by atoms with E-state index in [2.05, 4.69) is 12.5 Å². The molecule has 0 heterocycles. The molecule has 0 radical (unpaired) electrons. The first-order chi connectivity index (χ1) is 7.69. The Kier molecular flexibility index (Phi) is 1.56. The van der Waals surface area contributed by atoms with Crippen molar-refractivity contribution in [1.29, 1.82) is 0 Å². The fourth-order valence-electron chi connectivity index (χ4n) is 2.80. The molecule has 3 saturated carbocycles. The summed E-state index contributed by atoms with van der Waals surface area (Å²) in [5.41, 5.74) is 2.21. The Labute approximate surface area is 89.2 Å². The molecule has 0 aromatic rings. The third-order valence-corrected chi connectivity index (χ3v) is 3.58. The highest BCUT2D eigenvalue weighted by molar-refractivity contribution is 5.43. The maximum Gasteiger partial charge on any atom is 0.0950 e. The van der Waals surface area contributed by atoms with Crippen LogP contribution in [0.2, 0.25) is 0 Å². The Hall–Kier alpha value is -0.910. The summed E-state index contributed by atoms with van der Waals surface area (Å²) in [6.45, 7) is 0. The quantitative estimate of drug-likeness (QED) is 0.506. The molecule has 3 fully saturated rings. The lowest BCUT2D eigenvalue weighted by Crippen LogP contribution is -2.25. The standard InChI is InChI=1S/C14H17/c1-2-4-12(5-3-1)14-10-11-6-8-13(14)9-7-11/h1-5,11,13H,6-10H2/q+1/i10D2. The van der Waals surface area contributed by atoms with Gasteiger partial charge in [-0.05, 0) is 31.6 Å². The predicted molar refractivity (Wildman–Crippen MR) is 59.7 cm³/mol. The lowest BCUT2D eigenvalue weighted by Gasteiger charge is -2.36. The van der Waals surface area contributed by atoms with E-state index >= 15 is 0 Å². The van der Waals surface area contributed by atoms with Crippen molar-refractivity contribution in [2.24, 2.45) is 11.8 Å². The van der Waals surface area contributed by atoms with Crippen LogP contribution in [0.25, 0.3) is 0 Å². The molecule has 0 saturated heterocycles. The minimum Gasteiger partial charge on any atom is -0.0479 e. The van der Waals surface area contributed by atoms with Gasteiger partial charge in [-0.1, -0.05) is 0 Å². The van der Waals surface area contributed by atoms with Gasteiger partial charge in [-0.15, -0.1) is 0 Å². The number of fused-ring (bicyclic) bond motifs is 3. The molecule has 4 rings (SSSR count). The van der Waals surface area contributed by atoms with E-state index in [0.717, 1.165) is 24.0 Å². The molecule has 2 bridgehead atoms. The zero-order valence-corrected chi connectivity index (χ0v) is 8.37. The maximum atomic E-state index is 8.34. The summed E-state index contributed by atoms with van der Waals surface area (Å²) in [6.07, 6.45) is 13.6. The SMILES string of the molecule is [2H]C1([2H])/C(=C2\C=CC=C[CH+]2)C2CCC1CC2. The molecule has 4 aliphatic rings. The van der Waals surface area contributed by atoms with Crippen LogP contribution < -0.4 is 0 Å².